The average Bonchev–Trinajstić information content (AvgIpc) is 1.74. The SMILES string of the molecule is CCCCc1cn(-c2ccc(CC(=O)Cc3ccccc3C(F)(F)F)cc2)nn1.CCCCc1cn(-c2ccc(CC(=O)Cc3ccccc3C)cc2)nn1.CCCCc1cn(-c2ccc(CC(=O)Cc3cnccc3C)cc2)nn1.Cc1ccccc1CC(=O)Cc1ccc(-n2cc(C(C)(C)C)nn2)cc1.Cc1ccccc1CC(=O)Cc1ccc(-n2cc(CCCN3CCOCC3)nn2)cc1. The van der Waals surface area contributed by atoms with Gasteiger partial charge in [0.05, 0.1) is 107 Å². The van der Waals surface area contributed by atoms with Crippen molar-refractivity contribution >= 4 is 28.9 Å². The second-order valence-electron chi connectivity index (χ2n) is 36.3. The summed E-state index contributed by atoms with van der Waals surface area (Å²) in [5, 5.41) is 42.1. The van der Waals surface area contributed by atoms with Crippen molar-refractivity contribution in [2.24, 2.45) is 0 Å². The molecule has 0 N–H and O–H groups in total. The number of alkyl halides is 3. The van der Waals surface area contributed by atoms with E-state index in [1.807, 2.05) is 251 Å². The van der Waals surface area contributed by atoms with Crippen LogP contribution in [0.2, 0.25) is 0 Å². The average molecular weight is 1860 g/mol. The highest BCUT2D eigenvalue weighted by Gasteiger charge is 2.33. The summed E-state index contributed by atoms with van der Waals surface area (Å²) in [6.45, 7) is 25.7. The summed E-state index contributed by atoms with van der Waals surface area (Å²) in [6.07, 6.45) is 23.8. The third-order valence-electron chi connectivity index (χ3n) is 24.0. The summed E-state index contributed by atoms with van der Waals surface area (Å²) in [7, 11) is 0. The largest absolute Gasteiger partial charge is 0.416 e. The Balaban J connectivity index is 0.000000155. The van der Waals surface area contributed by atoms with E-state index in [1.54, 1.807) is 43.3 Å². The first-order chi connectivity index (χ1) is 66.7. The molecule has 0 aliphatic carbocycles. The van der Waals surface area contributed by atoms with E-state index in [0.29, 0.717) is 51.4 Å². The van der Waals surface area contributed by atoms with Gasteiger partial charge in [0.25, 0.3) is 0 Å². The quantitative estimate of drug-likeness (QED) is 0.0348. The Kier molecular flexibility index (Phi) is 38.5. The van der Waals surface area contributed by atoms with Crippen LogP contribution in [0.3, 0.4) is 0 Å². The number of carbonyl (C=O) groups is 5. The summed E-state index contributed by atoms with van der Waals surface area (Å²) < 4.78 is 53.5. The van der Waals surface area contributed by atoms with Crippen molar-refractivity contribution < 1.29 is 41.9 Å². The number of nitrogens with zero attached hydrogens (tertiary/aromatic N) is 17. The van der Waals surface area contributed by atoms with Gasteiger partial charge in [0.15, 0.2) is 0 Å². The number of aryl methyl sites for hydroxylation is 8. The zero-order valence-corrected chi connectivity index (χ0v) is 81.0. The lowest BCUT2D eigenvalue weighted by Gasteiger charge is -2.26. The van der Waals surface area contributed by atoms with Gasteiger partial charge in [-0.15, -0.1) is 25.5 Å². The van der Waals surface area contributed by atoms with Crippen LogP contribution in [0.4, 0.5) is 13.2 Å². The number of hydrogen-bond donors (Lipinski definition) is 0. The molecule has 0 saturated carbocycles. The van der Waals surface area contributed by atoms with Gasteiger partial charge in [0.1, 0.15) is 28.9 Å². The normalized spacial score (nSPS) is 12.0. The highest BCUT2D eigenvalue weighted by molar-refractivity contribution is 5.86. The number of aromatic nitrogens is 16. The molecular formula is C112H126F3N17O6. The summed E-state index contributed by atoms with van der Waals surface area (Å²) in [5.41, 5.74) is 22.5. The van der Waals surface area contributed by atoms with Crippen LogP contribution < -0.4 is 0 Å². The molecule has 138 heavy (non-hydrogen) atoms. The number of ether oxygens (including phenoxy) is 1. The van der Waals surface area contributed by atoms with Crippen molar-refractivity contribution in [2.45, 2.75) is 216 Å². The molecule has 1 aliphatic heterocycles. The highest BCUT2D eigenvalue weighted by Crippen LogP contribution is 2.33. The van der Waals surface area contributed by atoms with E-state index in [0.717, 1.165) is 233 Å². The minimum Gasteiger partial charge on any atom is -0.379 e. The number of benzene rings is 9. The third kappa shape index (κ3) is 32.6. The summed E-state index contributed by atoms with van der Waals surface area (Å²) in [6, 6.07) is 70.4. The molecule has 15 aromatic rings. The smallest absolute Gasteiger partial charge is 0.379 e. The van der Waals surface area contributed by atoms with E-state index in [-0.39, 0.29) is 52.7 Å². The molecule has 7 heterocycles. The van der Waals surface area contributed by atoms with Crippen LogP contribution in [0.1, 0.15) is 198 Å². The first kappa shape index (κ1) is 103. The molecule has 1 fully saturated rings. The fourth-order valence-electron chi connectivity index (χ4n) is 15.7. The molecule has 16 rings (SSSR count). The van der Waals surface area contributed by atoms with Gasteiger partial charge in [-0.2, -0.15) is 13.2 Å². The van der Waals surface area contributed by atoms with Crippen molar-refractivity contribution in [1.82, 2.24) is 84.9 Å². The second kappa shape index (κ2) is 51.7. The van der Waals surface area contributed by atoms with Crippen molar-refractivity contribution in [3.63, 3.8) is 0 Å². The minimum atomic E-state index is -4.47. The molecule has 716 valence electrons. The van der Waals surface area contributed by atoms with Crippen molar-refractivity contribution in [3.8, 4) is 28.4 Å². The molecule has 1 aliphatic rings. The van der Waals surface area contributed by atoms with Gasteiger partial charge in [-0.05, 0) is 236 Å². The second-order valence-corrected chi connectivity index (χ2v) is 36.3. The molecule has 26 heteroatoms. The monoisotopic (exact) mass is 1860 g/mol. The van der Waals surface area contributed by atoms with Crippen LogP contribution in [0, 0.1) is 27.7 Å². The lowest BCUT2D eigenvalue weighted by Crippen LogP contribution is -2.36. The fraction of sp³-hybridized carbons (Fsp3) is 0.339. The number of rotatable bonds is 38. The molecule has 0 amide bonds. The number of unbranched alkanes of at least 4 members (excludes halogenated alkanes) is 3. The predicted octanol–water partition coefficient (Wildman–Crippen LogP) is 20.3. The fourth-order valence-corrected chi connectivity index (χ4v) is 15.7. The van der Waals surface area contributed by atoms with E-state index in [1.165, 1.54) is 23.8 Å². The maximum atomic E-state index is 13.1. The van der Waals surface area contributed by atoms with E-state index in [2.05, 4.69) is 103 Å². The molecule has 6 aromatic heterocycles. The zero-order chi connectivity index (χ0) is 97.8. The first-order valence-corrected chi connectivity index (χ1v) is 47.8. The molecule has 0 bridgehead atoms. The number of morpholine rings is 1. The lowest BCUT2D eigenvalue weighted by atomic mass is 9.93. The number of Topliss-reactive ketones (excluding diaryl/α,β-unsaturated/α-hetero) is 5. The standard InChI is InChI=1S/C25H30N4O2.C22H22F3N3O.2C22H25N3O.C21H24N4O/c1-20-5-2-3-6-22(20)18-25(30)17-21-8-10-24(11-9-21)29-19-23(26-27-29)7-4-12-28-13-15-31-16-14-28;1-2-3-7-18-15-28(27-26-18)19-11-9-16(10-12-19)13-20(29)14-17-6-4-5-8-21(17)22(23,24)25;1-16-7-5-6-8-18(16)14-20(26)13-17-9-11-19(12-10-17)25-15-21(23-24-25)22(2,3)4;1-3-4-9-20-16-25(24-23-20)21-12-10-18(11-13-21)14-22(26)15-19-8-6-5-7-17(19)2;1-3-4-5-19-15-25(24-23-19)20-8-6-17(7-9-20)12-21(26)13-18-14-22-11-10-16(18)2/h2-3,5-6,8-11,19H,4,7,12-18H2,1H3;4-6,8-12,15H,2-3,7,13-14H2,1H3;5-12,15H,13-14H2,1-4H3;5-8,10-13,16H,3-4,9,14-15H2,1-2H3;6-11,14-15H,3-5,12-13H2,1-2H3. The highest BCUT2D eigenvalue weighted by atomic mass is 19.4. The van der Waals surface area contributed by atoms with E-state index < -0.39 is 11.7 Å². The van der Waals surface area contributed by atoms with Crippen LogP contribution >= 0.6 is 0 Å². The maximum Gasteiger partial charge on any atom is 0.416 e. The lowest BCUT2D eigenvalue weighted by molar-refractivity contribution is -0.138. The third-order valence-corrected chi connectivity index (χ3v) is 24.0. The number of ketones is 5. The summed E-state index contributed by atoms with van der Waals surface area (Å²) >= 11 is 0. The Morgan fingerprint density at radius 1 is 0.326 bits per heavy atom. The zero-order valence-electron chi connectivity index (χ0n) is 81.0. The van der Waals surface area contributed by atoms with E-state index in [9.17, 15) is 37.1 Å². The van der Waals surface area contributed by atoms with Gasteiger partial charge in [0, 0.05) is 95.1 Å². The molecule has 1 saturated heterocycles. The van der Waals surface area contributed by atoms with Crippen LogP contribution in [0.25, 0.3) is 28.4 Å². The van der Waals surface area contributed by atoms with Crippen molar-refractivity contribution in [2.75, 3.05) is 32.8 Å². The predicted molar refractivity (Wildman–Crippen MR) is 533 cm³/mol. The van der Waals surface area contributed by atoms with Crippen molar-refractivity contribution in [3.05, 3.63) is 380 Å². The summed E-state index contributed by atoms with van der Waals surface area (Å²) in [4.78, 5) is 68.4. The molecule has 23 nitrogen and oxygen atoms in total. The summed E-state index contributed by atoms with van der Waals surface area (Å²) in [5.74, 6) is 0.608. The Morgan fingerprint density at radius 2 is 0.609 bits per heavy atom. The molecule has 9 aromatic carbocycles. The minimum absolute atomic E-state index is 0.00356. The van der Waals surface area contributed by atoms with Crippen molar-refractivity contribution in [1.29, 1.82) is 0 Å². The van der Waals surface area contributed by atoms with E-state index in [4.69, 9.17) is 4.74 Å². The van der Waals surface area contributed by atoms with E-state index >= 15 is 0 Å². The van der Waals surface area contributed by atoms with Gasteiger partial charge < -0.3 is 4.74 Å². The van der Waals surface area contributed by atoms with Gasteiger partial charge in [-0.1, -0.05) is 239 Å². The van der Waals surface area contributed by atoms with Gasteiger partial charge in [-0.25, -0.2) is 23.4 Å². The molecule has 0 spiro atoms. The van der Waals surface area contributed by atoms with Crippen LogP contribution in [0.5, 0.6) is 0 Å². The molecule has 0 atom stereocenters. The Bertz CT molecular complexity index is 6230. The number of pyridine rings is 1. The van der Waals surface area contributed by atoms with Crippen LogP contribution in [0.15, 0.2) is 268 Å². The Morgan fingerprint density at radius 3 is 0.913 bits per heavy atom. The Labute approximate surface area is 807 Å². The molecule has 0 radical (unpaired) electrons. The number of halogens is 3. The van der Waals surface area contributed by atoms with Gasteiger partial charge in [0.2, 0.25) is 0 Å². The topological polar surface area (TPSA) is 264 Å². The first-order valence-electron chi connectivity index (χ1n) is 47.8. The maximum absolute atomic E-state index is 13.1. The Hall–Kier alpha value is -14.1. The van der Waals surface area contributed by atoms with Gasteiger partial charge in [-0.3, -0.25) is 33.9 Å². The van der Waals surface area contributed by atoms with Gasteiger partial charge >= 0.3 is 6.18 Å². The van der Waals surface area contributed by atoms with Crippen LogP contribution in [-0.4, -0.2) is 147 Å². The number of carbonyl (C=O) groups excluding carboxylic acids is 5. The number of hydrogen-bond acceptors (Lipinski definition) is 18. The molecular weight excluding hydrogens is 1740 g/mol. The van der Waals surface area contributed by atoms with Crippen LogP contribution in [-0.2, 0) is 130 Å². The molecule has 0 unspecified atom stereocenters.